The van der Waals surface area contributed by atoms with Crippen LogP contribution in [0.3, 0.4) is 0 Å². The molecule has 0 saturated carbocycles. The fourth-order valence-electron chi connectivity index (χ4n) is 5.29. The Bertz CT molecular complexity index is 1380. The van der Waals surface area contributed by atoms with Crippen molar-refractivity contribution in [1.82, 2.24) is 14.7 Å². The molecular formula is C31H34F3N3O6. The Labute approximate surface area is 247 Å². The molecule has 0 bridgehead atoms. The zero-order valence-corrected chi connectivity index (χ0v) is 24.3. The van der Waals surface area contributed by atoms with E-state index < -0.39 is 29.7 Å². The van der Waals surface area contributed by atoms with Gasteiger partial charge < -0.3 is 24.2 Å². The van der Waals surface area contributed by atoms with Crippen molar-refractivity contribution in [2.75, 3.05) is 39.4 Å². The molecule has 0 spiro atoms. The first kappa shape index (κ1) is 31.6. The monoisotopic (exact) mass is 601 g/mol. The van der Waals surface area contributed by atoms with Crippen LogP contribution in [0.4, 0.5) is 18.0 Å². The minimum atomic E-state index is -4.51. The molecule has 1 fully saturated rings. The summed E-state index contributed by atoms with van der Waals surface area (Å²) in [6, 6.07) is 11.2. The van der Waals surface area contributed by atoms with E-state index in [9.17, 15) is 32.3 Å². The van der Waals surface area contributed by atoms with E-state index in [1.165, 1.54) is 17.0 Å². The molecule has 3 amide bonds. The van der Waals surface area contributed by atoms with Gasteiger partial charge >= 0.3 is 18.2 Å². The van der Waals surface area contributed by atoms with Gasteiger partial charge in [0.2, 0.25) is 5.91 Å². The lowest BCUT2D eigenvalue weighted by Crippen LogP contribution is -2.50. The number of piperazine rings is 1. The Balaban J connectivity index is 1.50. The first-order valence-corrected chi connectivity index (χ1v) is 14.1. The van der Waals surface area contributed by atoms with Crippen molar-refractivity contribution in [2.24, 2.45) is 0 Å². The number of nitrogens with zero attached hydrogens (tertiary/aromatic N) is 3. The van der Waals surface area contributed by atoms with E-state index in [2.05, 4.69) is 0 Å². The van der Waals surface area contributed by atoms with Gasteiger partial charge in [0.05, 0.1) is 30.9 Å². The van der Waals surface area contributed by atoms with Gasteiger partial charge in [-0.25, -0.2) is 9.59 Å². The quantitative estimate of drug-likeness (QED) is 0.416. The average molecular weight is 602 g/mol. The summed E-state index contributed by atoms with van der Waals surface area (Å²) < 4.78 is 49.6. The minimum absolute atomic E-state index is 0.0939. The molecule has 2 aromatic carbocycles. The van der Waals surface area contributed by atoms with Crippen LogP contribution in [-0.2, 0) is 31.8 Å². The number of esters is 1. The summed E-state index contributed by atoms with van der Waals surface area (Å²) >= 11 is 0. The van der Waals surface area contributed by atoms with Crippen LogP contribution in [0, 0.1) is 0 Å². The standard InChI is InChI=1S/C31H34F3N3O6/c1-4-42-29(40)27-20(3)37(26(38)18-25(27)22-10-12-24(13-11-22)31(32,33)34)19-21-6-8-23(9-7-21)28(39)35-14-16-36(17-15-35)30(41)43-5-2/h6-13,25H,4-5,14-19H2,1-3H3. The largest absolute Gasteiger partial charge is 0.463 e. The molecule has 1 saturated heterocycles. The van der Waals surface area contributed by atoms with Crippen LogP contribution in [-0.4, -0.2) is 78.0 Å². The van der Waals surface area contributed by atoms with Crippen LogP contribution >= 0.6 is 0 Å². The predicted molar refractivity (Wildman–Crippen MR) is 150 cm³/mol. The number of benzene rings is 2. The second-order valence-electron chi connectivity index (χ2n) is 10.3. The van der Waals surface area contributed by atoms with Crippen molar-refractivity contribution in [2.45, 2.75) is 45.8 Å². The van der Waals surface area contributed by atoms with Crippen molar-refractivity contribution in [3.05, 3.63) is 82.1 Å². The highest BCUT2D eigenvalue weighted by atomic mass is 19.4. The molecule has 0 aromatic heterocycles. The number of allylic oxidation sites excluding steroid dienone is 1. The predicted octanol–water partition coefficient (Wildman–Crippen LogP) is 4.97. The Morgan fingerprint density at radius 1 is 0.860 bits per heavy atom. The van der Waals surface area contributed by atoms with E-state index >= 15 is 0 Å². The second kappa shape index (κ2) is 13.3. The highest BCUT2D eigenvalue weighted by Gasteiger charge is 2.38. The number of amides is 3. The minimum Gasteiger partial charge on any atom is -0.463 e. The fourth-order valence-corrected chi connectivity index (χ4v) is 5.29. The lowest BCUT2D eigenvalue weighted by molar-refractivity contribution is -0.140. The Hall–Kier alpha value is -4.35. The zero-order chi connectivity index (χ0) is 31.3. The summed E-state index contributed by atoms with van der Waals surface area (Å²) in [5.74, 6) is -1.86. The van der Waals surface area contributed by atoms with Gasteiger partial charge in [0.25, 0.3) is 5.91 Å². The van der Waals surface area contributed by atoms with Crippen molar-refractivity contribution in [3.8, 4) is 0 Å². The molecular weight excluding hydrogens is 567 g/mol. The summed E-state index contributed by atoms with van der Waals surface area (Å²) in [4.78, 5) is 56.0. The van der Waals surface area contributed by atoms with Crippen LogP contribution in [0.15, 0.2) is 59.8 Å². The number of halogens is 3. The topological polar surface area (TPSA) is 96.5 Å². The van der Waals surface area contributed by atoms with Gasteiger partial charge in [0, 0.05) is 49.8 Å². The highest BCUT2D eigenvalue weighted by Crippen LogP contribution is 2.39. The molecule has 1 atom stereocenters. The zero-order valence-electron chi connectivity index (χ0n) is 24.3. The molecule has 0 aliphatic carbocycles. The molecule has 12 heteroatoms. The fraction of sp³-hybridized carbons (Fsp3) is 0.419. The molecule has 2 aromatic rings. The second-order valence-corrected chi connectivity index (χ2v) is 10.3. The lowest BCUT2D eigenvalue weighted by Gasteiger charge is -2.35. The number of rotatable bonds is 7. The first-order valence-electron chi connectivity index (χ1n) is 14.1. The van der Waals surface area contributed by atoms with E-state index in [4.69, 9.17) is 9.47 Å². The highest BCUT2D eigenvalue weighted by molar-refractivity contribution is 5.96. The van der Waals surface area contributed by atoms with Gasteiger partial charge in [0.1, 0.15) is 0 Å². The van der Waals surface area contributed by atoms with Gasteiger partial charge in [-0.05, 0) is 56.2 Å². The Morgan fingerprint density at radius 2 is 1.44 bits per heavy atom. The Morgan fingerprint density at radius 3 is 2.00 bits per heavy atom. The maximum absolute atomic E-state index is 13.3. The number of carbonyl (C=O) groups is 4. The molecule has 0 N–H and O–H groups in total. The van der Waals surface area contributed by atoms with Gasteiger partial charge in [-0.1, -0.05) is 24.3 Å². The van der Waals surface area contributed by atoms with Gasteiger partial charge in [0.15, 0.2) is 0 Å². The number of carbonyl (C=O) groups excluding carboxylic acids is 4. The first-order chi connectivity index (χ1) is 20.4. The molecule has 2 aliphatic heterocycles. The number of ether oxygens (including phenoxy) is 2. The summed E-state index contributed by atoms with van der Waals surface area (Å²) in [5.41, 5.74) is 1.34. The molecule has 43 heavy (non-hydrogen) atoms. The van der Waals surface area contributed by atoms with Gasteiger partial charge in [-0.15, -0.1) is 0 Å². The SMILES string of the molecule is CCOC(=O)C1=C(C)N(Cc2ccc(C(=O)N3CCN(C(=O)OCC)CC3)cc2)C(=O)CC1c1ccc(C(F)(F)F)cc1. The van der Waals surface area contributed by atoms with Crippen molar-refractivity contribution < 1.29 is 41.8 Å². The van der Waals surface area contributed by atoms with E-state index in [-0.39, 0.29) is 43.6 Å². The normalized spacial score (nSPS) is 17.7. The third kappa shape index (κ3) is 7.18. The van der Waals surface area contributed by atoms with Crippen LogP contribution in [0.2, 0.25) is 0 Å². The van der Waals surface area contributed by atoms with E-state index in [0.29, 0.717) is 48.6 Å². The van der Waals surface area contributed by atoms with Crippen molar-refractivity contribution in [3.63, 3.8) is 0 Å². The maximum atomic E-state index is 13.3. The average Bonchev–Trinajstić information content (AvgIpc) is 2.99. The van der Waals surface area contributed by atoms with Crippen LogP contribution in [0.25, 0.3) is 0 Å². The summed E-state index contributed by atoms with van der Waals surface area (Å²) in [6.07, 6.45) is -5.02. The van der Waals surface area contributed by atoms with Crippen LogP contribution in [0.5, 0.6) is 0 Å². The van der Waals surface area contributed by atoms with Crippen LogP contribution in [0.1, 0.15) is 60.2 Å². The number of hydrogen-bond acceptors (Lipinski definition) is 6. The molecule has 4 rings (SSSR count). The molecule has 2 aliphatic rings. The summed E-state index contributed by atoms with van der Waals surface area (Å²) in [7, 11) is 0. The van der Waals surface area contributed by atoms with Crippen LogP contribution < -0.4 is 0 Å². The third-order valence-corrected chi connectivity index (χ3v) is 7.59. The smallest absolute Gasteiger partial charge is 0.416 e. The van der Waals surface area contributed by atoms with E-state index in [1.54, 1.807) is 54.8 Å². The third-order valence-electron chi connectivity index (χ3n) is 7.59. The molecule has 9 nitrogen and oxygen atoms in total. The van der Waals surface area contributed by atoms with Gasteiger partial charge in [-0.3, -0.25) is 9.59 Å². The van der Waals surface area contributed by atoms with Gasteiger partial charge in [-0.2, -0.15) is 13.2 Å². The summed E-state index contributed by atoms with van der Waals surface area (Å²) in [5, 5.41) is 0. The molecule has 0 radical (unpaired) electrons. The molecule has 230 valence electrons. The number of hydrogen-bond donors (Lipinski definition) is 0. The van der Waals surface area contributed by atoms with Crippen molar-refractivity contribution >= 4 is 23.9 Å². The number of alkyl halides is 3. The summed E-state index contributed by atoms with van der Waals surface area (Å²) in [6.45, 7) is 7.01. The molecule has 1 unspecified atom stereocenters. The Kier molecular flexibility index (Phi) is 9.77. The maximum Gasteiger partial charge on any atom is 0.416 e. The lowest BCUT2D eigenvalue weighted by atomic mass is 9.83. The van der Waals surface area contributed by atoms with E-state index in [0.717, 1.165) is 12.1 Å². The molecule has 2 heterocycles. The van der Waals surface area contributed by atoms with Crippen molar-refractivity contribution in [1.29, 1.82) is 0 Å². The van der Waals surface area contributed by atoms with E-state index in [1.807, 2.05) is 0 Å².